The number of phenols is 1. The van der Waals surface area contributed by atoms with E-state index in [1.807, 2.05) is 72.8 Å². The first kappa shape index (κ1) is 39.2. The number of nitrogens with two attached hydrogens (primary N) is 1. The van der Waals surface area contributed by atoms with Gasteiger partial charge in [0.1, 0.15) is 5.75 Å². The van der Waals surface area contributed by atoms with E-state index in [-0.39, 0.29) is 49.2 Å². The van der Waals surface area contributed by atoms with Crippen LogP contribution in [0.4, 0.5) is 11.4 Å². The third-order valence-electron chi connectivity index (χ3n) is 9.52. The number of anilines is 2. The number of aromatic hydroxyl groups is 1. The van der Waals surface area contributed by atoms with Gasteiger partial charge in [0.15, 0.2) is 6.29 Å². The zero-order chi connectivity index (χ0) is 39.6. The molecule has 14 heteroatoms. The fourth-order valence-corrected chi connectivity index (χ4v) is 7.34. The number of amides is 2. The normalized spacial score (nSPS) is 16.5. The van der Waals surface area contributed by atoms with Crippen molar-refractivity contribution in [2.45, 2.75) is 62.5 Å². The molecule has 1 aromatic heterocycles. The van der Waals surface area contributed by atoms with Gasteiger partial charge in [0.2, 0.25) is 17.0 Å². The first-order chi connectivity index (χ1) is 27.8. The second kappa shape index (κ2) is 18.7. The third kappa shape index (κ3) is 10.4. The van der Waals surface area contributed by atoms with Crippen LogP contribution in [0, 0.1) is 0 Å². The van der Waals surface area contributed by atoms with Crippen LogP contribution < -0.4 is 16.4 Å². The van der Waals surface area contributed by atoms with E-state index in [1.54, 1.807) is 53.2 Å². The Bertz CT molecular complexity index is 2270. The summed E-state index contributed by atoms with van der Waals surface area (Å²) in [4.78, 5) is 24.9. The van der Waals surface area contributed by atoms with Crippen LogP contribution in [0.15, 0.2) is 126 Å². The topological polar surface area (TPSA) is 187 Å². The highest BCUT2D eigenvalue weighted by atomic mass is 32.2. The van der Waals surface area contributed by atoms with Crippen LogP contribution in [0.1, 0.15) is 60.3 Å². The molecule has 1 saturated heterocycles. The molecule has 6 aromatic rings. The van der Waals surface area contributed by atoms with Gasteiger partial charge in [0, 0.05) is 37.1 Å². The van der Waals surface area contributed by atoms with Gasteiger partial charge in [-0.2, -0.15) is 4.68 Å². The molecular formula is C43H43N7O6S. The summed E-state index contributed by atoms with van der Waals surface area (Å²) in [6.45, 7) is 0.326. The standard InChI is InChI=1S/C43H43N7O6S/c44-37-7-1-2-8-38(37)46-41(54)10-4-9-40(53)45-25-29-5-3-6-33(23-29)30-15-17-32(18-16-30)42-55-36(24-39(56-42)31-13-11-28(26-51)12-14-31)27-57-43-47-48-49-50(43)34-19-21-35(52)22-20-34/h1-3,5-8,11-23,36,39,42,51-52H,4,9-10,24-27,44H2,(H,45,53)(H,46,54). The Labute approximate surface area is 334 Å². The molecule has 1 aliphatic heterocycles. The predicted octanol–water partition coefficient (Wildman–Crippen LogP) is 6.87. The van der Waals surface area contributed by atoms with Gasteiger partial charge >= 0.3 is 0 Å². The maximum Gasteiger partial charge on any atom is 0.224 e. The number of rotatable bonds is 15. The van der Waals surface area contributed by atoms with Gasteiger partial charge in [-0.3, -0.25) is 9.59 Å². The molecule has 0 radical (unpaired) electrons. The van der Waals surface area contributed by atoms with Crippen molar-refractivity contribution in [3.63, 3.8) is 0 Å². The quantitative estimate of drug-likeness (QED) is 0.0540. The largest absolute Gasteiger partial charge is 0.508 e. The summed E-state index contributed by atoms with van der Waals surface area (Å²) in [6, 6.07) is 37.6. The smallest absolute Gasteiger partial charge is 0.224 e. The van der Waals surface area contributed by atoms with Crippen LogP contribution in [-0.4, -0.2) is 54.1 Å². The molecule has 3 atom stereocenters. The molecule has 7 rings (SSSR count). The number of hydrogen-bond acceptors (Lipinski definition) is 11. The van der Waals surface area contributed by atoms with Crippen molar-refractivity contribution in [3.05, 3.63) is 144 Å². The molecule has 1 aliphatic rings. The maximum absolute atomic E-state index is 12.6. The zero-order valence-electron chi connectivity index (χ0n) is 31.0. The molecule has 292 valence electrons. The predicted molar refractivity (Wildman–Crippen MR) is 217 cm³/mol. The molecule has 0 bridgehead atoms. The monoisotopic (exact) mass is 785 g/mol. The molecule has 0 spiro atoms. The van der Waals surface area contributed by atoms with Gasteiger partial charge in [-0.1, -0.05) is 90.6 Å². The molecular weight excluding hydrogens is 743 g/mol. The highest BCUT2D eigenvalue weighted by molar-refractivity contribution is 7.99. The van der Waals surface area contributed by atoms with Gasteiger partial charge in [-0.15, -0.1) is 5.10 Å². The van der Waals surface area contributed by atoms with E-state index in [2.05, 4.69) is 26.2 Å². The van der Waals surface area contributed by atoms with E-state index in [0.717, 1.165) is 39.1 Å². The molecule has 6 N–H and O–H groups in total. The minimum absolute atomic E-state index is 0.0373. The molecule has 3 unspecified atom stereocenters. The van der Waals surface area contributed by atoms with Crippen LogP contribution in [0.2, 0.25) is 0 Å². The minimum atomic E-state index is -0.641. The maximum atomic E-state index is 12.6. The van der Waals surface area contributed by atoms with Crippen molar-refractivity contribution >= 4 is 35.0 Å². The Balaban J connectivity index is 0.967. The number of aromatic nitrogens is 4. The number of benzene rings is 5. The number of ether oxygens (including phenoxy) is 2. The number of nitrogens with zero attached hydrogens (tertiary/aromatic N) is 4. The highest BCUT2D eigenvalue weighted by Crippen LogP contribution is 2.40. The summed E-state index contributed by atoms with van der Waals surface area (Å²) < 4.78 is 14.7. The number of phenolic OH excluding ortho intramolecular Hbond substituents is 1. The Kier molecular flexibility index (Phi) is 12.9. The summed E-state index contributed by atoms with van der Waals surface area (Å²) in [6.07, 6.45) is 0.360. The van der Waals surface area contributed by atoms with Crippen molar-refractivity contribution < 1.29 is 29.3 Å². The van der Waals surface area contributed by atoms with E-state index >= 15 is 0 Å². The zero-order valence-corrected chi connectivity index (χ0v) is 31.8. The second-order valence-corrected chi connectivity index (χ2v) is 14.6. The Morgan fingerprint density at radius 1 is 0.825 bits per heavy atom. The van der Waals surface area contributed by atoms with Crippen LogP contribution in [0.5, 0.6) is 5.75 Å². The van der Waals surface area contributed by atoms with Crippen LogP contribution >= 0.6 is 11.8 Å². The van der Waals surface area contributed by atoms with Gasteiger partial charge in [-0.05, 0) is 87.1 Å². The van der Waals surface area contributed by atoms with Crippen LogP contribution in [0.3, 0.4) is 0 Å². The number of carbonyl (C=O) groups excluding carboxylic acids is 2. The Morgan fingerprint density at radius 3 is 2.35 bits per heavy atom. The molecule has 0 aliphatic carbocycles. The number of aliphatic hydroxyl groups excluding tert-OH is 1. The fourth-order valence-electron chi connectivity index (χ4n) is 6.43. The number of nitrogen functional groups attached to an aromatic ring is 1. The summed E-state index contributed by atoms with van der Waals surface area (Å²) >= 11 is 1.48. The lowest BCUT2D eigenvalue weighted by Gasteiger charge is -2.36. The minimum Gasteiger partial charge on any atom is -0.508 e. The number of tetrazole rings is 1. The van der Waals surface area contributed by atoms with Gasteiger partial charge in [0.05, 0.1) is 35.9 Å². The van der Waals surface area contributed by atoms with E-state index in [0.29, 0.717) is 41.7 Å². The molecule has 2 amide bonds. The summed E-state index contributed by atoms with van der Waals surface area (Å²) in [7, 11) is 0. The Hall–Kier alpha value is -6.06. The number of aliphatic hydroxyl groups is 1. The lowest BCUT2D eigenvalue weighted by atomic mass is 9.99. The van der Waals surface area contributed by atoms with E-state index < -0.39 is 6.29 Å². The molecule has 1 fully saturated rings. The van der Waals surface area contributed by atoms with Gasteiger partial charge in [-0.25, -0.2) is 0 Å². The highest BCUT2D eigenvalue weighted by Gasteiger charge is 2.33. The third-order valence-corrected chi connectivity index (χ3v) is 10.6. The van der Waals surface area contributed by atoms with Crippen molar-refractivity contribution in [1.29, 1.82) is 0 Å². The van der Waals surface area contributed by atoms with Gasteiger partial charge in [0.25, 0.3) is 0 Å². The first-order valence-electron chi connectivity index (χ1n) is 18.6. The molecule has 13 nitrogen and oxygen atoms in total. The van der Waals surface area contributed by atoms with Crippen LogP contribution in [-0.2, 0) is 32.2 Å². The number of nitrogens with one attached hydrogen (secondary N) is 2. The average molecular weight is 786 g/mol. The second-order valence-electron chi connectivity index (χ2n) is 13.6. The summed E-state index contributed by atoms with van der Waals surface area (Å²) in [5, 5.41) is 37.9. The molecule has 0 saturated carbocycles. The number of para-hydroxylation sites is 2. The SMILES string of the molecule is Nc1ccccc1NC(=O)CCCC(=O)NCc1cccc(-c2ccc(C3OC(CSc4nnnn4-c4ccc(O)cc4)CC(c4ccc(CO)cc4)O3)cc2)c1. The molecule has 2 heterocycles. The lowest BCUT2D eigenvalue weighted by Crippen LogP contribution is -2.31. The van der Waals surface area contributed by atoms with E-state index in [4.69, 9.17) is 15.2 Å². The average Bonchev–Trinajstić information content (AvgIpc) is 3.72. The molecule has 5 aromatic carbocycles. The number of thioether (sulfide) groups is 1. The Morgan fingerprint density at radius 2 is 1.58 bits per heavy atom. The number of hydrogen-bond donors (Lipinski definition) is 5. The summed E-state index contributed by atoms with van der Waals surface area (Å²) in [5.41, 5.74) is 13.3. The summed E-state index contributed by atoms with van der Waals surface area (Å²) in [5.74, 6) is 0.408. The number of carbonyl (C=O) groups is 2. The van der Waals surface area contributed by atoms with Crippen LogP contribution in [0.25, 0.3) is 16.8 Å². The molecule has 57 heavy (non-hydrogen) atoms. The van der Waals surface area contributed by atoms with Crippen molar-refractivity contribution in [3.8, 4) is 22.6 Å². The first-order valence-corrected chi connectivity index (χ1v) is 19.6. The van der Waals surface area contributed by atoms with Gasteiger partial charge < -0.3 is 36.1 Å². The van der Waals surface area contributed by atoms with E-state index in [1.165, 1.54) is 11.8 Å². The lowest BCUT2D eigenvalue weighted by molar-refractivity contribution is -0.245. The van der Waals surface area contributed by atoms with Crippen molar-refractivity contribution in [2.75, 3.05) is 16.8 Å². The fraction of sp³-hybridized carbons (Fsp3) is 0.233. The van der Waals surface area contributed by atoms with Crippen molar-refractivity contribution in [1.82, 2.24) is 25.5 Å². The van der Waals surface area contributed by atoms with E-state index in [9.17, 15) is 19.8 Å². The van der Waals surface area contributed by atoms with Crippen molar-refractivity contribution in [2.24, 2.45) is 0 Å².